The molecular weight excluding hydrogens is 361 g/mol. The predicted octanol–water partition coefficient (Wildman–Crippen LogP) is 3.57. The van der Waals surface area contributed by atoms with Gasteiger partial charge < -0.3 is 9.84 Å². The summed E-state index contributed by atoms with van der Waals surface area (Å²) < 4.78 is 46.7. The first kappa shape index (κ1) is 19.7. The molecule has 1 fully saturated rings. The number of aliphatic hydroxyl groups is 1. The van der Waals surface area contributed by atoms with Crippen LogP contribution in [0.25, 0.3) is 0 Å². The van der Waals surface area contributed by atoms with Crippen molar-refractivity contribution in [3.63, 3.8) is 0 Å². The molecule has 0 saturated heterocycles. The van der Waals surface area contributed by atoms with Crippen molar-refractivity contribution in [2.75, 3.05) is 6.61 Å². The van der Waals surface area contributed by atoms with Crippen LogP contribution in [-0.2, 0) is 4.79 Å². The topological polar surface area (TPSA) is 62.1 Å². The molecule has 0 spiro atoms. The molecule has 1 N–H and O–H groups in total. The number of halogens is 3. The Morgan fingerprint density at radius 3 is 2.56 bits per heavy atom. The molecule has 1 aliphatic heterocycles. The van der Waals surface area contributed by atoms with Gasteiger partial charge in [-0.2, -0.15) is 23.3 Å². The number of hydrogen-bond acceptors (Lipinski definition) is 4. The molecule has 148 valence electrons. The third kappa shape index (κ3) is 3.54. The number of alkyl halides is 3. The first-order valence-corrected chi connectivity index (χ1v) is 8.93. The van der Waals surface area contributed by atoms with Gasteiger partial charge in [0.15, 0.2) is 6.61 Å². The monoisotopic (exact) mass is 384 g/mol. The van der Waals surface area contributed by atoms with E-state index in [1.165, 1.54) is 0 Å². The zero-order chi connectivity index (χ0) is 20.0. The molecule has 0 unspecified atom stereocenters. The van der Waals surface area contributed by atoms with E-state index in [0.717, 1.165) is 11.1 Å². The fourth-order valence-electron chi connectivity index (χ4n) is 3.88. The molecule has 1 amide bonds. The standard InChI is InChI=1S/C19H23F3N2O3/c1-11-4-5-16-15(9-11)18(26,19(20,21)22)24(23-16)17(25)10-27-14-7-12(2)6-13(3)8-14/h6-8,11,15,26H,4-5,9-10H2,1-3H3/t11-,15+,18-/m0/s1. The Morgan fingerprint density at radius 2 is 1.96 bits per heavy atom. The lowest BCUT2D eigenvalue weighted by atomic mass is 9.76. The highest BCUT2D eigenvalue weighted by Gasteiger charge is 2.68. The minimum Gasteiger partial charge on any atom is -0.484 e. The number of nitrogens with zero attached hydrogens (tertiary/aromatic N) is 2. The first-order chi connectivity index (χ1) is 12.5. The summed E-state index contributed by atoms with van der Waals surface area (Å²) in [6.07, 6.45) is -3.86. The number of benzene rings is 1. The van der Waals surface area contributed by atoms with Crippen LogP contribution < -0.4 is 4.74 Å². The van der Waals surface area contributed by atoms with Gasteiger partial charge in [-0.15, -0.1) is 0 Å². The van der Waals surface area contributed by atoms with Crippen molar-refractivity contribution in [2.24, 2.45) is 16.9 Å². The molecule has 3 rings (SSSR count). The molecule has 1 saturated carbocycles. The lowest BCUT2D eigenvalue weighted by molar-refractivity contribution is -0.318. The van der Waals surface area contributed by atoms with Crippen molar-refractivity contribution in [1.82, 2.24) is 5.01 Å². The molecule has 5 nitrogen and oxygen atoms in total. The Hall–Kier alpha value is -2.09. The number of fused-ring (bicyclic) bond motifs is 1. The van der Waals surface area contributed by atoms with Gasteiger partial charge in [-0.1, -0.05) is 13.0 Å². The van der Waals surface area contributed by atoms with E-state index in [9.17, 15) is 23.1 Å². The van der Waals surface area contributed by atoms with E-state index in [1.54, 1.807) is 12.1 Å². The quantitative estimate of drug-likeness (QED) is 0.867. The predicted molar refractivity (Wildman–Crippen MR) is 93.2 cm³/mol. The van der Waals surface area contributed by atoms with Crippen LogP contribution in [0, 0.1) is 25.7 Å². The zero-order valence-corrected chi connectivity index (χ0v) is 15.5. The fourth-order valence-corrected chi connectivity index (χ4v) is 3.88. The number of hydrazone groups is 1. The number of rotatable bonds is 3. The summed E-state index contributed by atoms with van der Waals surface area (Å²) >= 11 is 0. The molecule has 0 radical (unpaired) electrons. The average molecular weight is 384 g/mol. The lowest BCUT2D eigenvalue weighted by Gasteiger charge is -2.39. The van der Waals surface area contributed by atoms with Crippen molar-refractivity contribution < 1.29 is 27.8 Å². The molecule has 0 aromatic heterocycles. The third-order valence-corrected chi connectivity index (χ3v) is 5.18. The second-order valence-electron chi connectivity index (χ2n) is 7.57. The largest absolute Gasteiger partial charge is 0.484 e. The summed E-state index contributed by atoms with van der Waals surface area (Å²) in [5.74, 6) is -1.85. The molecule has 8 heteroatoms. The van der Waals surface area contributed by atoms with E-state index in [1.807, 2.05) is 26.8 Å². The molecule has 1 aliphatic carbocycles. The van der Waals surface area contributed by atoms with Gasteiger partial charge in [-0.25, -0.2) is 0 Å². The lowest BCUT2D eigenvalue weighted by Crippen LogP contribution is -2.62. The van der Waals surface area contributed by atoms with Gasteiger partial charge in [0.25, 0.3) is 11.6 Å². The Kier molecular flexibility index (Phi) is 4.96. The SMILES string of the molecule is Cc1cc(C)cc(OCC(=O)N2N=C3CC[C@H](C)C[C@H]3[C@]2(O)C(F)(F)F)c1. The van der Waals surface area contributed by atoms with Crippen molar-refractivity contribution in [1.29, 1.82) is 0 Å². The number of carbonyl (C=O) groups is 1. The molecular formula is C19H23F3N2O3. The van der Waals surface area contributed by atoms with Crippen LogP contribution in [0.1, 0.15) is 37.3 Å². The van der Waals surface area contributed by atoms with Crippen molar-refractivity contribution >= 4 is 11.6 Å². The normalized spacial score (nSPS) is 28.0. The van der Waals surface area contributed by atoms with Gasteiger partial charge in [0, 0.05) is 5.71 Å². The minimum atomic E-state index is -5.02. The highest BCUT2D eigenvalue weighted by atomic mass is 19.4. The first-order valence-electron chi connectivity index (χ1n) is 8.93. The molecule has 1 aromatic rings. The van der Waals surface area contributed by atoms with Gasteiger partial charge in [0.05, 0.1) is 5.92 Å². The van der Waals surface area contributed by atoms with E-state index in [4.69, 9.17) is 4.74 Å². The second-order valence-corrected chi connectivity index (χ2v) is 7.57. The van der Waals surface area contributed by atoms with Gasteiger partial charge in [0.1, 0.15) is 5.75 Å². The van der Waals surface area contributed by atoms with Crippen molar-refractivity contribution in [3.8, 4) is 5.75 Å². The summed E-state index contributed by atoms with van der Waals surface area (Å²) in [4.78, 5) is 12.5. The number of amides is 1. The molecule has 1 heterocycles. The summed E-state index contributed by atoms with van der Waals surface area (Å²) in [5, 5.41) is 14.6. The van der Waals surface area contributed by atoms with Gasteiger partial charge in [-0.3, -0.25) is 4.79 Å². The zero-order valence-electron chi connectivity index (χ0n) is 15.5. The van der Waals surface area contributed by atoms with Gasteiger partial charge >= 0.3 is 6.18 Å². The number of aryl methyl sites for hydroxylation is 2. The maximum Gasteiger partial charge on any atom is 0.439 e. The molecule has 2 aliphatic rings. The van der Waals surface area contributed by atoms with E-state index in [0.29, 0.717) is 18.6 Å². The van der Waals surface area contributed by atoms with E-state index in [2.05, 4.69) is 5.10 Å². The molecule has 1 aromatic carbocycles. The van der Waals surface area contributed by atoms with Crippen LogP contribution >= 0.6 is 0 Å². The van der Waals surface area contributed by atoms with Crippen LogP contribution in [0.15, 0.2) is 23.3 Å². The van der Waals surface area contributed by atoms with Crippen LogP contribution in [0.3, 0.4) is 0 Å². The van der Waals surface area contributed by atoms with Gasteiger partial charge in [-0.05, 0) is 62.3 Å². The van der Waals surface area contributed by atoms with Crippen molar-refractivity contribution in [2.45, 2.75) is 51.9 Å². The third-order valence-electron chi connectivity index (χ3n) is 5.18. The molecule has 0 bridgehead atoms. The van der Waals surface area contributed by atoms with Crippen molar-refractivity contribution in [3.05, 3.63) is 29.3 Å². The highest BCUT2D eigenvalue weighted by molar-refractivity contribution is 5.93. The minimum absolute atomic E-state index is 0.0180. The second kappa shape index (κ2) is 6.82. The van der Waals surface area contributed by atoms with E-state index < -0.39 is 30.3 Å². The van der Waals surface area contributed by atoms with E-state index >= 15 is 0 Å². The Balaban J connectivity index is 1.82. The van der Waals surface area contributed by atoms with Crippen LogP contribution in [0.5, 0.6) is 5.75 Å². The van der Waals surface area contributed by atoms with Gasteiger partial charge in [0.2, 0.25) is 0 Å². The van der Waals surface area contributed by atoms with Crippen LogP contribution in [-0.4, -0.2) is 40.2 Å². The number of hydrogen-bond donors (Lipinski definition) is 1. The summed E-state index contributed by atoms with van der Waals surface area (Å²) in [6, 6.07) is 5.29. The smallest absolute Gasteiger partial charge is 0.439 e. The molecule has 3 atom stereocenters. The summed E-state index contributed by atoms with van der Waals surface area (Å²) in [7, 11) is 0. The van der Waals surface area contributed by atoms with E-state index in [-0.39, 0.29) is 23.1 Å². The summed E-state index contributed by atoms with van der Waals surface area (Å²) in [5.41, 5.74) is -1.27. The van der Waals surface area contributed by atoms with Crippen LogP contribution in [0.4, 0.5) is 13.2 Å². The average Bonchev–Trinajstić information content (AvgIpc) is 2.85. The maximum atomic E-state index is 13.8. The Labute approximate surface area is 155 Å². The van der Waals surface area contributed by atoms with Crippen LogP contribution in [0.2, 0.25) is 0 Å². The Morgan fingerprint density at radius 1 is 1.33 bits per heavy atom. The summed E-state index contributed by atoms with van der Waals surface area (Å²) in [6.45, 7) is 4.90. The highest BCUT2D eigenvalue weighted by Crippen LogP contribution is 2.49. The maximum absolute atomic E-state index is 13.8. The molecule has 27 heavy (non-hydrogen) atoms. The fraction of sp³-hybridized carbons (Fsp3) is 0.579. The Bertz CT molecular complexity index is 758. The number of carbonyl (C=O) groups excluding carboxylic acids is 1. The number of ether oxygens (including phenoxy) is 1.